The average Bonchev–Trinajstić information content (AvgIpc) is 3.46. The molecule has 2 aromatic heterocycles. The highest BCUT2D eigenvalue weighted by atomic mass is 32.1. The van der Waals surface area contributed by atoms with Crippen molar-refractivity contribution in [2.75, 3.05) is 4.90 Å². The van der Waals surface area contributed by atoms with Crippen molar-refractivity contribution < 1.29 is 13.7 Å². The molecule has 0 radical (unpaired) electrons. The number of nitro benzene ring substituents is 1. The standard InChI is InChI=1S/C25H19FN4O3S/c1-15-14-16(9-10-18(15)26)29-24(23(28-25(29)34)19-7-4-5-13-27-19)22-12-11-21(33-22)17-6-2-3-8-20(17)30(31)32/h2-14,23-24H,1H3,(H,28,34)/t23-,24-/m0/s1. The highest BCUT2D eigenvalue weighted by molar-refractivity contribution is 7.80. The van der Waals surface area contributed by atoms with Crippen LogP contribution in [0.15, 0.2) is 83.4 Å². The van der Waals surface area contributed by atoms with Crippen LogP contribution in [0.5, 0.6) is 0 Å². The van der Waals surface area contributed by atoms with Crippen LogP contribution in [0.1, 0.15) is 29.1 Å². The van der Waals surface area contributed by atoms with Gasteiger partial charge >= 0.3 is 0 Å². The van der Waals surface area contributed by atoms with E-state index in [1.54, 1.807) is 55.6 Å². The van der Waals surface area contributed by atoms with Gasteiger partial charge in [-0.1, -0.05) is 18.2 Å². The van der Waals surface area contributed by atoms with Crippen molar-refractivity contribution in [3.05, 3.63) is 112 Å². The molecule has 0 spiro atoms. The molecule has 7 nitrogen and oxygen atoms in total. The first kappa shape index (κ1) is 21.7. The van der Waals surface area contributed by atoms with Crippen molar-refractivity contribution >= 4 is 28.7 Å². The Morgan fingerprint density at radius 3 is 2.65 bits per heavy atom. The lowest BCUT2D eigenvalue weighted by molar-refractivity contribution is -0.384. The van der Waals surface area contributed by atoms with Crippen molar-refractivity contribution in [3.63, 3.8) is 0 Å². The average molecular weight is 475 g/mol. The fourth-order valence-corrected chi connectivity index (χ4v) is 4.54. The van der Waals surface area contributed by atoms with Gasteiger partial charge in [-0.25, -0.2) is 4.39 Å². The number of hydrogen-bond donors (Lipinski definition) is 1. The number of anilines is 1. The van der Waals surface area contributed by atoms with Gasteiger partial charge < -0.3 is 14.6 Å². The molecule has 1 aliphatic heterocycles. The zero-order valence-corrected chi connectivity index (χ0v) is 18.8. The first-order valence-corrected chi connectivity index (χ1v) is 10.9. The topological polar surface area (TPSA) is 84.4 Å². The van der Waals surface area contributed by atoms with Gasteiger partial charge in [-0.2, -0.15) is 0 Å². The summed E-state index contributed by atoms with van der Waals surface area (Å²) in [5, 5.41) is 15.3. The van der Waals surface area contributed by atoms with Gasteiger partial charge in [0.1, 0.15) is 23.4 Å². The minimum Gasteiger partial charge on any atom is -0.459 e. The largest absolute Gasteiger partial charge is 0.459 e. The fraction of sp³-hybridized carbons (Fsp3) is 0.120. The summed E-state index contributed by atoms with van der Waals surface area (Å²) in [5.74, 6) is 0.601. The van der Waals surface area contributed by atoms with E-state index in [9.17, 15) is 14.5 Å². The van der Waals surface area contributed by atoms with Crippen molar-refractivity contribution in [2.24, 2.45) is 0 Å². The highest BCUT2D eigenvalue weighted by Gasteiger charge is 2.42. The van der Waals surface area contributed by atoms with Crippen LogP contribution >= 0.6 is 12.2 Å². The molecule has 2 atom stereocenters. The first-order chi connectivity index (χ1) is 16.4. The molecule has 0 saturated carbocycles. The number of aryl methyl sites for hydroxylation is 1. The zero-order chi connectivity index (χ0) is 23.8. The molecular formula is C25H19FN4O3S. The number of hydrogen-bond acceptors (Lipinski definition) is 5. The summed E-state index contributed by atoms with van der Waals surface area (Å²) < 4.78 is 20.2. The Morgan fingerprint density at radius 2 is 1.91 bits per heavy atom. The molecule has 0 unspecified atom stereocenters. The molecule has 0 amide bonds. The van der Waals surface area contributed by atoms with Gasteiger partial charge in [0.2, 0.25) is 0 Å². The molecule has 170 valence electrons. The summed E-state index contributed by atoms with van der Waals surface area (Å²) in [5.41, 5.74) is 2.27. The lowest BCUT2D eigenvalue weighted by atomic mass is 10.0. The van der Waals surface area contributed by atoms with Gasteiger partial charge in [0.25, 0.3) is 5.69 Å². The van der Waals surface area contributed by atoms with E-state index in [4.69, 9.17) is 16.6 Å². The number of halogens is 1. The minimum atomic E-state index is -0.455. The van der Waals surface area contributed by atoms with Crippen LogP contribution in [-0.4, -0.2) is 15.0 Å². The number of para-hydroxylation sites is 1. The van der Waals surface area contributed by atoms with Crippen molar-refractivity contribution in [1.82, 2.24) is 10.3 Å². The third-order valence-corrected chi connectivity index (χ3v) is 6.12. The quantitative estimate of drug-likeness (QED) is 0.220. The van der Waals surface area contributed by atoms with Crippen LogP contribution in [-0.2, 0) is 0 Å². The number of benzene rings is 2. The molecule has 1 N–H and O–H groups in total. The van der Waals surface area contributed by atoms with Crippen LogP contribution in [0.2, 0.25) is 0 Å². The molecule has 1 fully saturated rings. The van der Waals surface area contributed by atoms with Gasteiger partial charge in [0.15, 0.2) is 5.11 Å². The predicted octanol–water partition coefficient (Wildman–Crippen LogP) is 5.87. The Hall–Kier alpha value is -4.11. The van der Waals surface area contributed by atoms with Crippen molar-refractivity contribution in [1.29, 1.82) is 0 Å². The first-order valence-electron chi connectivity index (χ1n) is 10.5. The third-order valence-electron chi connectivity index (χ3n) is 5.80. The Labute approximate surface area is 200 Å². The van der Waals surface area contributed by atoms with Crippen molar-refractivity contribution in [3.8, 4) is 11.3 Å². The molecule has 0 bridgehead atoms. The zero-order valence-electron chi connectivity index (χ0n) is 18.0. The molecular weight excluding hydrogens is 455 g/mol. The molecule has 5 rings (SSSR count). The van der Waals surface area contributed by atoms with Crippen LogP contribution < -0.4 is 10.2 Å². The Balaban J connectivity index is 1.63. The SMILES string of the molecule is Cc1cc(N2C(=S)N[C@@H](c3ccccn3)[C@@H]2c2ccc(-c3ccccc3[N+](=O)[O-])o2)ccc1F. The molecule has 4 aromatic rings. The monoisotopic (exact) mass is 474 g/mol. The van der Waals surface area contributed by atoms with E-state index in [0.29, 0.717) is 33.4 Å². The van der Waals surface area contributed by atoms with Gasteiger partial charge in [-0.05, 0) is 73.2 Å². The fourth-order valence-electron chi connectivity index (χ4n) is 4.20. The van der Waals surface area contributed by atoms with Crippen LogP contribution in [0.3, 0.4) is 0 Å². The second kappa shape index (κ2) is 8.68. The van der Waals surface area contributed by atoms with Gasteiger partial charge in [-0.3, -0.25) is 15.1 Å². The van der Waals surface area contributed by atoms with Crippen LogP contribution in [0.4, 0.5) is 15.8 Å². The van der Waals surface area contributed by atoms with E-state index in [2.05, 4.69) is 10.3 Å². The minimum absolute atomic E-state index is 0.0456. The second-order valence-electron chi connectivity index (χ2n) is 7.91. The van der Waals surface area contributed by atoms with E-state index in [1.807, 2.05) is 23.1 Å². The van der Waals surface area contributed by atoms with E-state index in [1.165, 1.54) is 12.1 Å². The maximum Gasteiger partial charge on any atom is 0.280 e. The second-order valence-corrected chi connectivity index (χ2v) is 8.29. The number of thiocarbonyl (C=S) groups is 1. The molecule has 3 heterocycles. The van der Waals surface area contributed by atoms with Crippen molar-refractivity contribution in [2.45, 2.75) is 19.0 Å². The van der Waals surface area contributed by atoms with Gasteiger partial charge in [0.05, 0.1) is 22.2 Å². The summed E-state index contributed by atoms with van der Waals surface area (Å²) in [6, 6.07) is 19.5. The molecule has 34 heavy (non-hydrogen) atoms. The summed E-state index contributed by atoms with van der Waals surface area (Å²) in [6.07, 6.45) is 1.70. The number of rotatable bonds is 5. The predicted molar refractivity (Wildman–Crippen MR) is 130 cm³/mol. The number of pyridine rings is 1. The number of nitro groups is 1. The summed E-state index contributed by atoms with van der Waals surface area (Å²) in [4.78, 5) is 17.4. The summed E-state index contributed by atoms with van der Waals surface area (Å²) in [7, 11) is 0. The van der Waals surface area contributed by atoms with E-state index in [-0.39, 0.29) is 17.5 Å². The van der Waals surface area contributed by atoms with Gasteiger partial charge in [0, 0.05) is 18.0 Å². The third kappa shape index (κ3) is 3.80. The Morgan fingerprint density at radius 1 is 1.12 bits per heavy atom. The number of furan rings is 1. The number of aromatic nitrogens is 1. The Bertz CT molecular complexity index is 1390. The van der Waals surface area contributed by atoms with Crippen LogP contribution in [0, 0.1) is 22.9 Å². The maximum absolute atomic E-state index is 14.0. The molecule has 2 aromatic carbocycles. The molecule has 0 aliphatic carbocycles. The van der Waals surface area contributed by atoms with E-state index < -0.39 is 11.0 Å². The van der Waals surface area contributed by atoms with Gasteiger partial charge in [-0.15, -0.1) is 0 Å². The van der Waals surface area contributed by atoms with E-state index in [0.717, 1.165) is 5.69 Å². The number of nitrogens with one attached hydrogen (secondary N) is 1. The summed E-state index contributed by atoms with van der Waals surface area (Å²) >= 11 is 5.67. The van der Waals surface area contributed by atoms with Crippen LogP contribution in [0.25, 0.3) is 11.3 Å². The van der Waals surface area contributed by atoms with E-state index >= 15 is 0 Å². The molecule has 1 aliphatic rings. The maximum atomic E-state index is 14.0. The highest BCUT2D eigenvalue weighted by Crippen LogP contribution is 2.43. The summed E-state index contributed by atoms with van der Waals surface area (Å²) in [6.45, 7) is 1.69. The molecule has 9 heteroatoms. The Kier molecular flexibility index (Phi) is 5.54. The lowest BCUT2D eigenvalue weighted by Crippen LogP contribution is -2.29. The lowest BCUT2D eigenvalue weighted by Gasteiger charge is -2.26. The molecule has 1 saturated heterocycles. The normalized spacial score (nSPS) is 17.6. The number of nitrogens with zero attached hydrogens (tertiary/aromatic N) is 3. The smallest absolute Gasteiger partial charge is 0.280 e.